The molecule has 0 aromatic carbocycles. The molecule has 0 radical (unpaired) electrons. The Bertz CT molecular complexity index is 831. The molecule has 0 spiro atoms. The summed E-state index contributed by atoms with van der Waals surface area (Å²) in [5, 5.41) is 3.54. The third kappa shape index (κ3) is 2.70. The van der Waals surface area contributed by atoms with Crippen molar-refractivity contribution in [1.82, 2.24) is 0 Å². The molecular formula is C30H47NO. The number of nitrogens with zero attached hydrogens (tertiary/aromatic N) is 1. The minimum Gasteiger partial charge on any atom is -0.151 e. The second-order valence-electron chi connectivity index (χ2n) is 13.8. The molecule has 10 unspecified atom stereocenters. The summed E-state index contributed by atoms with van der Waals surface area (Å²) in [5.41, 5.74) is 4.25. The minimum atomic E-state index is 0.150. The normalized spacial score (nSPS) is 54.7. The van der Waals surface area contributed by atoms with E-state index in [1.54, 1.807) is 0 Å². The first kappa shape index (κ1) is 22.9. The van der Waals surface area contributed by atoms with Gasteiger partial charge in [0.15, 0.2) is 0 Å². The van der Waals surface area contributed by atoms with Crippen LogP contribution in [0.25, 0.3) is 0 Å². The van der Waals surface area contributed by atoms with Gasteiger partial charge in [-0.05, 0) is 128 Å². The zero-order chi connectivity index (χ0) is 23.1. The van der Waals surface area contributed by atoms with E-state index in [2.05, 4.69) is 53.0 Å². The van der Waals surface area contributed by atoms with Gasteiger partial charge in [-0.3, -0.25) is 0 Å². The van der Waals surface area contributed by atoms with Crippen molar-refractivity contribution in [2.75, 3.05) is 6.54 Å². The van der Waals surface area contributed by atoms with Gasteiger partial charge in [-0.25, -0.2) is 0 Å². The highest BCUT2D eigenvalue weighted by Gasteiger charge is 2.69. The second-order valence-corrected chi connectivity index (χ2v) is 13.8. The average molecular weight is 438 g/mol. The molecule has 0 aromatic heterocycles. The van der Waals surface area contributed by atoms with Gasteiger partial charge in [0.1, 0.15) is 0 Å². The predicted octanol–water partition coefficient (Wildman–Crippen LogP) is 8.58. The first-order chi connectivity index (χ1) is 15.0. The fourth-order valence-electron chi connectivity index (χ4n) is 11.2. The Balaban J connectivity index is 1.55. The lowest BCUT2D eigenvalue weighted by molar-refractivity contribution is -0.224. The van der Waals surface area contributed by atoms with Crippen molar-refractivity contribution in [1.29, 1.82) is 0 Å². The third-order valence-corrected chi connectivity index (χ3v) is 13.2. The van der Waals surface area contributed by atoms with Crippen LogP contribution in [0.3, 0.4) is 0 Å². The molecule has 5 rings (SSSR count). The van der Waals surface area contributed by atoms with Crippen LogP contribution in [0.2, 0.25) is 0 Å². The Morgan fingerprint density at radius 1 is 0.969 bits per heavy atom. The highest BCUT2D eigenvalue weighted by molar-refractivity contribution is 5.22. The van der Waals surface area contributed by atoms with Gasteiger partial charge in [-0.2, -0.15) is 4.91 Å². The van der Waals surface area contributed by atoms with Gasteiger partial charge in [0.2, 0.25) is 0 Å². The van der Waals surface area contributed by atoms with E-state index in [9.17, 15) is 4.91 Å². The highest BCUT2D eigenvalue weighted by Crippen LogP contribution is 2.76. The van der Waals surface area contributed by atoms with E-state index in [4.69, 9.17) is 0 Å². The predicted molar refractivity (Wildman–Crippen MR) is 134 cm³/mol. The van der Waals surface area contributed by atoms with Crippen molar-refractivity contribution in [3.8, 4) is 0 Å². The highest BCUT2D eigenvalue weighted by atomic mass is 16.3. The second kappa shape index (κ2) is 7.29. The lowest BCUT2D eigenvalue weighted by Crippen LogP contribution is -2.65. The van der Waals surface area contributed by atoms with Crippen molar-refractivity contribution in [2.24, 2.45) is 62.3 Å². The van der Waals surface area contributed by atoms with E-state index in [1.807, 2.05) is 0 Å². The zero-order valence-electron chi connectivity index (χ0n) is 21.5. The summed E-state index contributed by atoms with van der Waals surface area (Å²) >= 11 is 0. The smallest absolute Gasteiger partial charge is 0.0870 e. The maximum absolute atomic E-state index is 11.6. The molecule has 0 aliphatic heterocycles. The van der Waals surface area contributed by atoms with Crippen molar-refractivity contribution in [3.05, 3.63) is 29.2 Å². The van der Waals surface area contributed by atoms with Gasteiger partial charge in [0.25, 0.3) is 0 Å². The molecule has 5 saturated carbocycles. The van der Waals surface area contributed by atoms with E-state index in [0.717, 1.165) is 17.8 Å². The molecule has 5 aliphatic rings. The Morgan fingerprint density at radius 3 is 2.41 bits per heavy atom. The van der Waals surface area contributed by atoms with Crippen LogP contribution < -0.4 is 0 Å². The summed E-state index contributed by atoms with van der Waals surface area (Å²) in [6, 6.07) is 0. The molecule has 10 atom stereocenters. The molecule has 0 heterocycles. The Morgan fingerprint density at radius 2 is 1.72 bits per heavy atom. The minimum absolute atomic E-state index is 0.150. The number of hydrogen-bond donors (Lipinski definition) is 0. The van der Waals surface area contributed by atoms with Crippen LogP contribution in [-0.2, 0) is 0 Å². The summed E-state index contributed by atoms with van der Waals surface area (Å²) in [4.78, 5) is 11.6. The van der Waals surface area contributed by atoms with Crippen LogP contribution in [0.1, 0.15) is 98.8 Å². The molecule has 32 heavy (non-hydrogen) atoms. The van der Waals surface area contributed by atoms with Crippen molar-refractivity contribution >= 4 is 0 Å². The summed E-state index contributed by atoms with van der Waals surface area (Å²) in [6.45, 7) is 22.2. The van der Waals surface area contributed by atoms with Crippen molar-refractivity contribution in [3.63, 3.8) is 0 Å². The molecule has 2 nitrogen and oxygen atoms in total. The molecule has 0 aromatic rings. The molecular weight excluding hydrogens is 390 g/mol. The Kier molecular flexibility index (Phi) is 5.20. The Hall–Kier alpha value is -0.920. The zero-order valence-corrected chi connectivity index (χ0v) is 21.5. The van der Waals surface area contributed by atoms with E-state index in [0.29, 0.717) is 40.5 Å². The van der Waals surface area contributed by atoms with Crippen LogP contribution in [0.15, 0.2) is 29.5 Å². The summed E-state index contributed by atoms with van der Waals surface area (Å²) in [6.07, 6.45) is 13.0. The van der Waals surface area contributed by atoms with Crippen LogP contribution in [0.5, 0.6) is 0 Å². The number of allylic oxidation sites excluding steroid dienone is 2. The van der Waals surface area contributed by atoms with Crippen LogP contribution in [0, 0.1) is 62.1 Å². The van der Waals surface area contributed by atoms with Gasteiger partial charge in [-0.1, -0.05) is 57.2 Å². The fourth-order valence-corrected chi connectivity index (χ4v) is 11.2. The molecule has 5 aliphatic carbocycles. The van der Waals surface area contributed by atoms with Gasteiger partial charge < -0.3 is 0 Å². The van der Waals surface area contributed by atoms with Gasteiger partial charge >= 0.3 is 0 Å². The molecule has 5 fully saturated rings. The molecule has 0 saturated heterocycles. The quantitative estimate of drug-likeness (QED) is 0.321. The van der Waals surface area contributed by atoms with Crippen LogP contribution in [-0.4, -0.2) is 6.54 Å². The van der Waals surface area contributed by atoms with E-state index in [1.165, 1.54) is 75.4 Å². The van der Waals surface area contributed by atoms with E-state index >= 15 is 0 Å². The maximum atomic E-state index is 11.6. The van der Waals surface area contributed by atoms with Crippen LogP contribution in [0.4, 0.5) is 0 Å². The van der Waals surface area contributed by atoms with E-state index < -0.39 is 0 Å². The van der Waals surface area contributed by atoms with E-state index in [-0.39, 0.29) is 5.41 Å². The SMILES string of the molecule is C=C1CCC2(C)C(CCC3(C)C2CCC2C4C(C(=C)C)CCC4(CN=O)CCC23C)C1C. The largest absolute Gasteiger partial charge is 0.151 e. The fraction of sp³-hybridized carbons (Fsp3) is 0.867. The maximum Gasteiger partial charge on any atom is 0.0870 e. The number of hydrogen-bond acceptors (Lipinski definition) is 2. The third-order valence-electron chi connectivity index (χ3n) is 13.2. The standard InChI is InChI=1S/C30H47NO/c1-19(2)22-11-15-30(18-31-32)17-16-28(6)24(26(22)30)8-9-25-27(5)13-10-20(3)21(4)23(27)12-14-29(25,28)7/h21-26H,1,3,8-18H2,2,4-7H3. The number of fused-ring (bicyclic) bond motifs is 7. The first-order valence-electron chi connectivity index (χ1n) is 13.7. The summed E-state index contributed by atoms with van der Waals surface area (Å²) in [5.74, 6) is 4.26. The summed E-state index contributed by atoms with van der Waals surface area (Å²) in [7, 11) is 0. The van der Waals surface area contributed by atoms with Gasteiger partial charge in [0, 0.05) is 0 Å². The lowest BCUT2D eigenvalue weighted by atomic mass is 9.33. The molecule has 0 N–H and O–H groups in total. The van der Waals surface area contributed by atoms with Crippen molar-refractivity contribution in [2.45, 2.75) is 98.8 Å². The molecule has 178 valence electrons. The molecule has 0 bridgehead atoms. The topological polar surface area (TPSA) is 29.4 Å². The van der Waals surface area contributed by atoms with Gasteiger partial charge in [-0.15, -0.1) is 0 Å². The monoisotopic (exact) mass is 437 g/mol. The van der Waals surface area contributed by atoms with Crippen molar-refractivity contribution < 1.29 is 0 Å². The Labute approximate surface area is 197 Å². The number of nitroso groups, excluding NO2 is 1. The average Bonchev–Trinajstić information content (AvgIpc) is 3.12. The number of rotatable bonds is 3. The van der Waals surface area contributed by atoms with Crippen LogP contribution >= 0.6 is 0 Å². The first-order valence-corrected chi connectivity index (χ1v) is 13.7. The molecule has 2 heteroatoms. The summed E-state index contributed by atoms with van der Waals surface area (Å²) < 4.78 is 0. The van der Waals surface area contributed by atoms with Gasteiger partial charge in [0.05, 0.1) is 6.54 Å². The molecule has 0 amide bonds. The lowest BCUT2D eigenvalue weighted by Gasteiger charge is -2.72.